The molecule has 6 rings (SSSR count). The minimum Gasteiger partial charge on any atom is -0.469 e. The lowest BCUT2D eigenvalue weighted by Gasteiger charge is -2.42. The molecule has 1 unspecified atom stereocenters. The zero-order chi connectivity index (χ0) is 33.2. The van der Waals surface area contributed by atoms with E-state index in [1.807, 2.05) is 13.0 Å². The second kappa shape index (κ2) is 11.3. The molecule has 0 amide bonds. The van der Waals surface area contributed by atoms with E-state index in [1.54, 1.807) is 52.1 Å². The number of carbonyl (C=O) groups excluding carboxylic acids is 1. The Morgan fingerprint density at radius 2 is 1.91 bits per heavy atom. The molecule has 4 aromatic heterocycles. The molecular formula is C31H35F2N7O5S. The zero-order valence-corrected chi connectivity index (χ0v) is 27.2. The van der Waals surface area contributed by atoms with Crippen LogP contribution in [0.5, 0.6) is 5.88 Å². The zero-order valence-electron chi connectivity index (χ0n) is 26.3. The van der Waals surface area contributed by atoms with Crippen molar-refractivity contribution in [1.82, 2.24) is 34.2 Å². The largest absolute Gasteiger partial charge is 0.469 e. The summed E-state index contributed by atoms with van der Waals surface area (Å²) in [6.07, 6.45) is 0.207. The molecule has 1 fully saturated rings. The van der Waals surface area contributed by atoms with E-state index in [9.17, 15) is 22.0 Å². The summed E-state index contributed by atoms with van der Waals surface area (Å²) in [5, 5.41) is 10.9. The Hall–Kier alpha value is -4.08. The number of hydrogen-bond acceptors (Lipinski definition) is 10. The van der Waals surface area contributed by atoms with Crippen molar-refractivity contribution in [2.24, 2.45) is 5.41 Å². The van der Waals surface area contributed by atoms with Crippen molar-refractivity contribution in [3.63, 3.8) is 0 Å². The molecule has 12 nitrogen and oxygen atoms in total. The van der Waals surface area contributed by atoms with Gasteiger partial charge in [-0.3, -0.25) is 14.2 Å². The molecule has 1 saturated heterocycles. The molecule has 46 heavy (non-hydrogen) atoms. The summed E-state index contributed by atoms with van der Waals surface area (Å²) in [6, 6.07) is 6.83. The number of sulfonamides is 1. The van der Waals surface area contributed by atoms with Gasteiger partial charge >= 0.3 is 5.97 Å². The van der Waals surface area contributed by atoms with Crippen LogP contribution in [0.1, 0.15) is 65.7 Å². The summed E-state index contributed by atoms with van der Waals surface area (Å²) in [5.74, 6) is -1.66. The first-order chi connectivity index (χ1) is 21.7. The number of hydrogen-bond donors (Lipinski definition) is 1. The van der Waals surface area contributed by atoms with Gasteiger partial charge in [-0.05, 0) is 75.1 Å². The Kier molecular flexibility index (Phi) is 7.84. The molecule has 15 heteroatoms. The molecule has 0 aromatic carbocycles. The summed E-state index contributed by atoms with van der Waals surface area (Å²) < 4.78 is 69.4. The van der Waals surface area contributed by atoms with E-state index in [0.29, 0.717) is 41.2 Å². The summed E-state index contributed by atoms with van der Waals surface area (Å²) >= 11 is 0. The number of carbonyl (C=O) groups is 1. The molecule has 0 radical (unpaired) electrons. The number of fused-ring (bicyclic) bond motifs is 2. The second-order valence-electron chi connectivity index (χ2n) is 12.6. The highest BCUT2D eigenvalue weighted by molar-refractivity contribution is 7.89. The Balaban J connectivity index is 1.47. The van der Waals surface area contributed by atoms with Gasteiger partial charge < -0.3 is 14.8 Å². The number of alkyl halides is 2. The van der Waals surface area contributed by atoms with Crippen LogP contribution in [-0.4, -0.2) is 75.6 Å². The third-order valence-corrected chi connectivity index (χ3v) is 10.7. The van der Waals surface area contributed by atoms with Crippen LogP contribution in [0.25, 0.3) is 5.65 Å². The molecule has 2 aliphatic heterocycles. The van der Waals surface area contributed by atoms with Crippen LogP contribution in [0, 0.1) is 26.2 Å². The summed E-state index contributed by atoms with van der Waals surface area (Å²) in [5.41, 5.74) is 1.79. The van der Waals surface area contributed by atoms with E-state index in [1.165, 1.54) is 22.0 Å². The number of aryl methyl sites for hydroxylation is 3. The standard InChI is InChI=1S/C31H35F2N7O5S/c1-17-11-23-28(35-12-17)45-31(14-34-15-31)16-39(46(23,42)43)13-22-18(2)7-8-21(36-22)24(30(4,5)29(41)44-6)20-9-10-40-26(19(20)3)37-38-27(40)25(32)33/h7-12,24-25,34H,13-16H2,1-6H3. The molecule has 1 atom stereocenters. The first kappa shape index (κ1) is 31.9. The SMILES string of the molecule is COC(=O)C(C)(C)C(c1ccc(C)c(CN2CC3(CNC3)Oc3ncc(C)cc3S2(=O)=O)n1)c1ccn2c(C(F)F)nnc2c1C. The minimum absolute atomic E-state index is 0.00446. The lowest BCUT2D eigenvalue weighted by molar-refractivity contribution is -0.151. The molecule has 244 valence electrons. The highest BCUT2D eigenvalue weighted by atomic mass is 32.2. The first-order valence-electron chi connectivity index (χ1n) is 14.7. The van der Waals surface area contributed by atoms with E-state index >= 15 is 0 Å². The van der Waals surface area contributed by atoms with E-state index in [0.717, 1.165) is 5.56 Å². The molecule has 1 N–H and O–H groups in total. The van der Waals surface area contributed by atoms with Gasteiger partial charge in [0.2, 0.25) is 21.7 Å². The quantitative estimate of drug-likeness (QED) is 0.294. The first-order valence-corrected chi connectivity index (χ1v) is 16.2. The van der Waals surface area contributed by atoms with E-state index in [4.69, 9.17) is 14.5 Å². The maximum atomic E-state index is 14.1. The van der Waals surface area contributed by atoms with Crippen LogP contribution >= 0.6 is 0 Å². The minimum atomic E-state index is -4.05. The van der Waals surface area contributed by atoms with Gasteiger partial charge in [0.1, 0.15) is 10.5 Å². The van der Waals surface area contributed by atoms with Crippen molar-refractivity contribution in [3.8, 4) is 5.88 Å². The summed E-state index contributed by atoms with van der Waals surface area (Å²) in [7, 11) is -2.75. The monoisotopic (exact) mass is 655 g/mol. The molecular weight excluding hydrogens is 620 g/mol. The Labute approximate surface area is 265 Å². The number of nitrogens with zero attached hydrogens (tertiary/aromatic N) is 6. The maximum absolute atomic E-state index is 14.1. The van der Waals surface area contributed by atoms with Gasteiger partial charge in [-0.1, -0.05) is 6.07 Å². The third kappa shape index (κ3) is 5.19. The number of halogens is 2. The van der Waals surface area contributed by atoms with Crippen LogP contribution in [0.15, 0.2) is 41.6 Å². The highest BCUT2D eigenvalue weighted by Crippen LogP contribution is 2.44. The van der Waals surface area contributed by atoms with Crippen molar-refractivity contribution < 1.29 is 31.5 Å². The number of methoxy groups -OCH3 is 1. The molecule has 2 aliphatic rings. The summed E-state index contributed by atoms with van der Waals surface area (Å²) in [6.45, 7) is 9.70. The number of esters is 1. The van der Waals surface area contributed by atoms with Gasteiger partial charge in [-0.2, -0.15) is 4.31 Å². The Morgan fingerprint density at radius 3 is 2.57 bits per heavy atom. The number of nitrogens with one attached hydrogen (secondary N) is 1. The highest BCUT2D eigenvalue weighted by Gasteiger charge is 2.49. The fourth-order valence-electron chi connectivity index (χ4n) is 6.25. The summed E-state index contributed by atoms with van der Waals surface area (Å²) in [4.78, 5) is 22.5. The molecule has 0 saturated carbocycles. The number of ether oxygens (including phenoxy) is 2. The van der Waals surface area contributed by atoms with Crippen molar-refractivity contribution in [3.05, 3.63) is 76.1 Å². The normalized spacial score (nSPS) is 18.1. The fourth-order valence-corrected chi connectivity index (χ4v) is 7.88. The van der Waals surface area contributed by atoms with Crippen molar-refractivity contribution in [2.75, 3.05) is 26.7 Å². The van der Waals surface area contributed by atoms with Gasteiger partial charge in [0.15, 0.2) is 5.65 Å². The van der Waals surface area contributed by atoms with Crippen LogP contribution in [-0.2, 0) is 26.1 Å². The number of aromatic nitrogens is 5. The molecule has 0 aliphatic carbocycles. The van der Waals surface area contributed by atoms with Gasteiger partial charge in [-0.15, -0.1) is 10.2 Å². The Bertz CT molecular complexity index is 1960. The topological polar surface area (TPSA) is 141 Å². The van der Waals surface area contributed by atoms with Gasteiger partial charge in [-0.25, -0.2) is 22.2 Å². The predicted octanol–water partition coefficient (Wildman–Crippen LogP) is 3.64. The van der Waals surface area contributed by atoms with Crippen molar-refractivity contribution in [2.45, 2.75) is 64.0 Å². The predicted molar refractivity (Wildman–Crippen MR) is 162 cm³/mol. The van der Waals surface area contributed by atoms with Crippen LogP contribution in [0.3, 0.4) is 0 Å². The Morgan fingerprint density at radius 1 is 1.17 bits per heavy atom. The second-order valence-corrected chi connectivity index (χ2v) is 14.5. The van der Waals surface area contributed by atoms with E-state index in [2.05, 4.69) is 20.5 Å². The van der Waals surface area contributed by atoms with Gasteiger partial charge in [0.05, 0.1) is 31.3 Å². The van der Waals surface area contributed by atoms with Crippen LogP contribution in [0.4, 0.5) is 8.78 Å². The molecule has 1 spiro atoms. The molecule has 4 aromatic rings. The van der Waals surface area contributed by atoms with E-state index < -0.39 is 45.2 Å². The van der Waals surface area contributed by atoms with Crippen LogP contribution in [0.2, 0.25) is 0 Å². The number of rotatable bonds is 7. The van der Waals surface area contributed by atoms with Crippen LogP contribution < -0.4 is 10.1 Å². The van der Waals surface area contributed by atoms with Gasteiger partial charge in [0.25, 0.3) is 6.43 Å². The van der Waals surface area contributed by atoms with E-state index in [-0.39, 0.29) is 29.5 Å². The number of pyridine rings is 3. The van der Waals surface area contributed by atoms with Gasteiger partial charge in [0, 0.05) is 37.1 Å². The molecule has 6 heterocycles. The fraction of sp³-hybridized carbons (Fsp3) is 0.452. The molecule has 0 bridgehead atoms. The average molecular weight is 656 g/mol. The third-order valence-electron chi connectivity index (χ3n) is 8.92. The smallest absolute Gasteiger partial charge is 0.312 e. The maximum Gasteiger partial charge on any atom is 0.312 e. The average Bonchev–Trinajstić information content (AvgIpc) is 3.40. The van der Waals surface area contributed by atoms with Crippen molar-refractivity contribution in [1.29, 1.82) is 0 Å². The van der Waals surface area contributed by atoms with Crippen molar-refractivity contribution >= 4 is 21.6 Å². The lowest BCUT2D eigenvalue weighted by Crippen LogP contribution is -2.67. The lowest BCUT2D eigenvalue weighted by atomic mass is 9.72.